The summed E-state index contributed by atoms with van der Waals surface area (Å²) in [6, 6.07) is 16.9. The summed E-state index contributed by atoms with van der Waals surface area (Å²) >= 11 is 0. The lowest BCUT2D eigenvalue weighted by Gasteiger charge is -2.32. The highest BCUT2D eigenvalue weighted by molar-refractivity contribution is 6.00. The van der Waals surface area contributed by atoms with E-state index in [1.165, 1.54) is 11.0 Å². The molecule has 1 aliphatic heterocycles. The Hall–Kier alpha value is -3.82. The zero-order valence-corrected chi connectivity index (χ0v) is 22.6. The number of likely N-dealkylation sites (N-methyl/N-ethyl adjacent to an activating group) is 1. The molecule has 0 unspecified atom stereocenters. The summed E-state index contributed by atoms with van der Waals surface area (Å²) in [4.78, 5) is 41.9. The van der Waals surface area contributed by atoms with E-state index in [-0.39, 0.29) is 24.9 Å². The number of fused-ring (bicyclic) bond motifs is 1. The van der Waals surface area contributed by atoms with Gasteiger partial charge in [0.15, 0.2) is 0 Å². The molecule has 1 aliphatic rings. The third kappa shape index (κ3) is 6.26. The third-order valence-electron chi connectivity index (χ3n) is 6.96. The van der Waals surface area contributed by atoms with Crippen LogP contribution >= 0.6 is 12.4 Å². The second-order valence-electron chi connectivity index (χ2n) is 9.35. The predicted molar refractivity (Wildman–Crippen MR) is 147 cm³/mol. The summed E-state index contributed by atoms with van der Waals surface area (Å²) in [5.41, 5.74) is 1.53. The lowest BCUT2D eigenvalue weighted by molar-refractivity contribution is -0.142. The first-order valence-electron chi connectivity index (χ1n) is 12.4. The molecule has 0 aliphatic carbocycles. The van der Waals surface area contributed by atoms with Crippen LogP contribution in [-0.2, 0) is 20.9 Å². The first kappa shape index (κ1) is 29.7. The number of carbonyl (C=O) groups is 3. The summed E-state index contributed by atoms with van der Waals surface area (Å²) in [6.45, 7) is 3.60. The van der Waals surface area contributed by atoms with Gasteiger partial charge >= 0.3 is 0 Å². The Bertz CT molecular complexity index is 1320. The zero-order chi connectivity index (χ0) is 27.4. The molecule has 206 valence electrons. The fourth-order valence-electron chi connectivity index (χ4n) is 4.62. The van der Waals surface area contributed by atoms with Gasteiger partial charge < -0.3 is 20.9 Å². The number of hydrogen-bond donors (Lipinski definition) is 3. The zero-order valence-electron chi connectivity index (χ0n) is 21.8. The number of rotatable bonds is 8. The number of anilines is 1. The van der Waals surface area contributed by atoms with Crippen molar-refractivity contribution in [1.82, 2.24) is 15.5 Å². The predicted octanol–water partition coefficient (Wildman–Crippen LogP) is 4.31. The molecule has 39 heavy (non-hydrogen) atoms. The van der Waals surface area contributed by atoms with Gasteiger partial charge in [0.2, 0.25) is 11.8 Å². The fourth-order valence-corrected chi connectivity index (χ4v) is 4.62. The number of benzene rings is 3. The average molecular weight is 557 g/mol. The van der Waals surface area contributed by atoms with E-state index in [2.05, 4.69) is 16.0 Å². The molecule has 1 heterocycles. The number of carbonyl (C=O) groups excluding carboxylic acids is 3. The molecule has 0 radical (unpaired) electrons. The van der Waals surface area contributed by atoms with E-state index >= 15 is 0 Å². The molecular formula is C29H31ClF2N4O3. The van der Waals surface area contributed by atoms with E-state index < -0.39 is 53.2 Å². The standard InChI is InChI=1S/C29H30F2N4O3.ClH/c1-17(19-10-5-4-6-11-19)24(33-27(36)18(2)32-3)29(38)35-16-20-12-7-8-13-21(20)26(35)28(37)34-25-22(30)14-9-15-23(25)31;/h4-15,17-18,24,26,32H,16H2,1-3H3,(H,33,36)(H,34,37);1H/t17-,18-,24-,26-;/m0./s1. The number of hydrogen-bond acceptors (Lipinski definition) is 4. The minimum absolute atomic E-state index is 0. The molecule has 0 bridgehead atoms. The second-order valence-corrected chi connectivity index (χ2v) is 9.35. The molecule has 3 aromatic carbocycles. The van der Waals surface area contributed by atoms with Crippen molar-refractivity contribution >= 4 is 35.8 Å². The molecule has 3 amide bonds. The molecule has 10 heteroatoms. The van der Waals surface area contributed by atoms with Gasteiger partial charge in [-0.1, -0.05) is 67.6 Å². The highest BCUT2D eigenvalue weighted by Crippen LogP contribution is 2.36. The largest absolute Gasteiger partial charge is 0.342 e. The smallest absolute Gasteiger partial charge is 0.252 e. The fraction of sp³-hybridized carbons (Fsp3) is 0.276. The minimum Gasteiger partial charge on any atom is -0.342 e. The minimum atomic E-state index is -1.15. The molecule has 0 fully saturated rings. The van der Waals surface area contributed by atoms with Crippen molar-refractivity contribution in [2.24, 2.45) is 0 Å². The van der Waals surface area contributed by atoms with E-state index in [9.17, 15) is 23.2 Å². The molecule has 4 rings (SSSR count). The van der Waals surface area contributed by atoms with Crippen LogP contribution in [0.4, 0.5) is 14.5 Å². The van der Waals surface area contributed by atoms with Crippen molar-refractivity contribution in [3.63, 3.8) is 0 Å². The van der Waals surface area contributed by atoms with Crippen LogP contribution in [0, 0.1) is 11.6 Å². The Balaban J connectivity index is 0.00000420. The lowest BCUT2D eigenvalue weighted by atomic mass is 9.91. The van der Waals surface area contributed by atoms with Crippen molar-refractivity contribution in [1.29, 1.82) is 0 Å². The quantitative estimate of drug-likeness (QED) is 0.386. The summed E-state index contributed by atoms with van der Waals surface area (Å²) in [5.74, 6) is -3.90. The van der Waals surface area contributed by atoms with E-state index in [4.69, 9.17) is 0 Å². The molecule has 3 aromatic rings. The van der Waals surface area contributed by atoms with Crippen molar-refractivity contribution in [3.05, 3.63) is 101 Å². The van der Waals surface area contributed by atoms with Gasteiger partial charge in [-0.05, 0) is 42.8 Å². The van der Waals surface area contributed by atoms with Crippen molar-refractivity contribution in [3.8, 4) is 0 Å². The molecule has 3 N–H and O–H groups in total. The maximum Gasteiger partial charge on any atom is 0.252 e. The number of halogens is 3. The van der Waals surface area contributed by atoms with Crippen molar-refractivity contribution in [2.75, 3.05) is 12.4 Å². The first-order valence-corrected chi connectivity index (χ1v) is 12.4. The van der Waals surface area contributed by atoms with Crippen LogP contribution in [-0.4, -0.2) is 41.8 Å². The van der Waals surface area contributed by atoms with Gasteiger partial charge in [0.25, 0.3) is 5.91 Å². The van der Waals surface area contributed by atoms with Gasteiger partial charge in [-0.3, -0.25) is 14.4 Å². The van der Waals surface area contributed by atoms with Gasteiger partial charge in [-0.25, -0.2) is 8.78 Å². The van der Waals surface area contributed by atoms with E-state index in [1.807, 2.05) is 37.3 Å². The van der Waals surface area contributed by atoms with Crippen LogP contribution in [0.25, 0.3) is 0 Å². The number of nitrogens with zero attached hydrogens (tertiary/aromatic N) is 1. The number of para-hydroxylation sites is 1. The van der Waals surface area contributed by atoms with Crippen LogP contribution in [0.15, 0.2) is 72.8 Å². The molecule has 0 saturated heterocycles. The van der Waals surface area contributed by atoms with E-state index in [0.717, 1.165) is 23.3 Å². The maximum absolute atomic E-state index is 14.3. The van der Waals surface area contributed by atoms with Crippen molar-refractivity contribution < 1.29 is 23.2 Å². The van der Waals surface area contributed by atoms with Crippen LogP contribution in [0.1, 0.15) is 42.5 Å². The monoisotopic (exact) mass is 556 g/mol. The highest BCUT2D eigenvalue weighted by atomic mass is 35.5. The van der Waals surface area contributed by atoms with E-state index in [0.29, 0.717) is 5.56 Å². The SMILES string of the molecule is CN[C@@H](C)C(=O)N[C@H](C(=O)N1Cc2ccccc2[C@H]1C(=O)Nc1c(F)cccc1F)[C@@H](C)c1ccccc1.Cl. The highest BCUT2D eigenvalue weighted by Gasteiger charge is 2.43. The van der Waals surface area contributed by atoms with Gasteiger partial charge in [0.05, 0.1) is 6.04 Å². The third-order valence-corrected chi connectivity index (χ3v) is 6.96. The second kappa shape index (κ2) is 12.8. The van der Waals surface area contributed by atoms with Crippen LogP contribution in [0.3, 0.4) is 0 Å². The summed E-state index contributed by atoms with van der Waals surface area (Å²) in [5, 5.41) is 8.05. The van der Waals surface area contributed by atoms with E-state index in [1.54, 1.807) is 38.2 Å². The van der Waals surface area contributed by atoms with Crippen LogP contribution in [0.2, 0.25) is 0 Å². The number of amides is 3. The maximum atomic E-state index is 14.3. The Morgan fingerprint density at radius 2 is 1.51 bits per heavy atom. The molecular weight excluding hydrogens is 526 g/mol. The normalized spacial score (nSPS) is 16.3. The first-order chi connectivity index (χ1) is 18.2. The molecule has 0 aromatic heterocycles. The topological polar surface area (TPSA) is 90.5 Å². The Labute approximate surface area is 232 Å². The molecule has 0 saturated carbocycles. The number of nitrogens with one attached hydrogen (secondary N) is 3. The Kier molecular flexibility index (Phi) is 9.77. The van der Waals surface area contributed by atoms with Gasteiger partial charge in [0, 0.05) is 12.5 Å². The summed E-state index contributed by atoms with van der Waals surface area (Å²) in [7, 11) is 1.64. The van der Waals surface area contributed by atoms with Gasteiger partial charge in [-0.15, -0.1) is 12.4 Å². The molecule has 0 spiro atoms. The molecule has 7 nitrogen and oxygen atoms in total. The van der Waals surface area contributed by atoms with Crippen molar-refractivity contribution in [2.45, 2.75) is 44.4 Å². The van der Waals surface area contributed by atoms with Crippen LogP contribution < -0.4 is 16.0 Å². The van der Waals surface area contributed by atoms with Crippen LogP contribution in [0.5, 0.6) is 0 Å². The molecule has 4 atom stereocenters. The Morgan fingerprint density at radius 3 is 2.15 bits per heavy atom. The lowest BCUT2D eigenvalue weighted by Crippen LogP contribution is -2.54. The summed E-state index contributed by atoms with van der Waals surface area (Å²) in [6.07, 6.45) is 0. The van der Waals surface area contributed by atoms with Gasteiger partial charge in [0.1, 0.15) is 29.4 Å². The van der Waals surface area contributed by atoms with Gasteiger partial charge in [-0.2, -0.15) is 0 Å². The average Bonchev–Trinajstić information content (AvgIpc) is 3.32. The summed E-state index contributed by atoms with van der Waals surface area (Å²) < 4.78 is 28.7. The Morgan fingerprint density at radius 1 is 0.897 bits per heavy atom.